The molecule has 0 spiro atoms. The van der Waals surface area contributed by atoms with E-state index in [9.17, 15) is 13.2 Å². The zero-order chi connectivity index (χ0) is 15.2. The van der Waals surface area contributed by atoms with Crippen molar-refractivity contribution in [3.05, 3.63) is 0 Å². The third-order valence-corrected chi connectivity index (χ3v) is 6.29. The summed E-state index contributed by atoms with van der Waals surface area (Å²) in [4.78, 5) is 11.4. The molecule has 0 aliphatic heterocycles. The number of hydrogen-bond donors (Lipinski definition) is 0. The van der Waals surface area contributed by atoms with Gasteiger partial charge >= 0.3 is 5.97 Å². The van der Waals surface area contributed by atoms with Crippen molar-refractivity contribution >= 4 is 15.8 Å². The van der Waals surface area contributed by atoms with Crippen LogP contribution in [-0.4, -0.2) is 33.0 Å². The number of hydrogen-bond acceptors (Lipinski definition) is 4. The second-order valence-corrected chi connectivity index (χ2v) is 8.33. The first kappa shape index (κ1) is 17.5. The van der Waals surface area contributed by atoms with Crippen LogP contribution < -0.4 is 0 Å². The highest BCUT2D eigenvalue weighted by Crippen LogP contribution is 2.50. The number of methoxy groups -OCH3 is 1. The summed E-state index contributed by atoms with van der Waals surface area (Å²) in [5.74, 6) is 0.383. The predicted octanol–water partition coefficient (Wildman–Crippen LogP) is 2.96. The average Bonchev–Trinajstić information content (AvgIpc) is 3.12. The first-order valence-electron chi connectivity index (χ1n) is 7.63. The molecule has 0 saturated heterocycles. The molecule has 118 valence electrons. The van der Waals surface area contributed by atoms with Crippen LogP contribution in [0.15, 0.2) is 0 Å². The molecule has 0 amide bonds. The third kappa shape index (κ3) is 5.81. The molecule has 1 saturated carbocycles. The molecule has 1 aliphatic carbocycles. The minimum atomic E-state index is -3.08. The smallest absolute Gasteiger partial charge is 0.306 e. The van der Waals surface area contributed by atoms with Crippen LogP contribution in [0, 0.1) is 11.3 Å². The lowest BCUT2D eigenvalue weighted by Crippen LogP contribution is -2.26. The van der Waals surface area contributed by atoms with Crippen molar-refractivity contribution in [3.8, 4) is 0 Å². The fraction of sp³-hybridized carbons (Fsp3) is 0.933. The molecule has 1 unspecified atom stereocenters. The van der Waals surface area contributed by atoms with E-state index in [-0.39, 0.29) is 35.2 Å². The topological polar surface area (TPSA) is 60.4 Å². The zero-order valence-corrected chi connectivity index (χ0v) is 13.8. The Bertz CT molecular complexity index is 410. The second kappa shape index (κ2) is 7.43. The number of esters is 1. The number of carbonyl (C=O) groups is 1. The van der Waals surface area contributed by atoms with Gasteiger partial charge in [0, 0.05) is 0 Å². The zero-order valence-electron chi connectivity index (χ0n) is 13.0. The minimum Gasteiger partial charge on any atom is -0.469 e. The number of unbranched alkanes of at least 4 members (excludes halogenated alkanes) is 1. The van der Waals surface area contributed by atoms with Crippen molar-refractivity contribution in [1.29, 1.82) is 0 Å². The van der Waals surface area contributed by atoms with E-state index in [2.05, 4.69) is 18.6 Å². The predicted molar refractivity (Wildman–Crippen MR) is 80.3 cm³/mol. The lowest BCUT2D eigenvalue weighted by atomic mass is 10.0. The Kier molecular flexibility index (Phi) is 6.49. The van der Waals surface area contributed by atoms with Gasteiger partial charge in [0.2, 0.25) is 0 Å². The summed E-state index contributed by atoms with van der Waals surface area (Å²) in [5, 5.41) is 0. The Labute approximate surface area is 123 Å². The standard InChI is InChI=1S/C15H28O4S/c1-4-6-7-13(5-2)11-20(17,18)12-15(8-9-15)10-14(16)19-3/h13H,4-12H2,1-3H3. The largest absolute Gasteiger partial charge is 0.469 e. The SMILES string of the molecule is CCCCC(CC)CS(=O)(=O)CC1(CC(=O)OC)CC1. The quantitative estimate of drug-likeness (QED) is 0.582. The molecule has 0 aromatic carbocycles. The van der Waals surface area contributed by atoms with Gasteiger partial charge in [-0.3, -0.25) is 4.79 Å². The summed E-state index contributed by atoms with van der Waals surface area (Å²) in [5.41, 5.74) is -0.324. The lowest BCUT2D eigenvalue weighted by Gasteiger charge is -2.18. The molecule has 0 bridgehead atoms. The van der Waals surface area contributed by atoms with Crippen LogP contribution in [0.25, 0.3) is 0 Å². The Morgan fingerprint density at radius 1 is 1.30 bits per heavy atom. The fourth-order valence-corrected chi connectivity index (χ4v) is 5.27. The van der Waals surface area contributed by atoms with Gasteiger partial charge in [-0.25, -0.2) is 8.42 Å². The monoisotopic (exact) mass is 304 g/mol. The van der Waals surface area contributed by atoms with Gasteiger partial charge in [0.05, 0.1) is 25.0 Å². The molecule has 1 fully saturated rings. The Morgan fingerprint density at radius 2 is 1.95 bits per heavy atom. The van der Waals surface area contributed by atoms with E-state index in [1.807, 2.05) is 0 Å². The van der Waals surface area contributed by atoms with Crippen LogP contribution in [0.1, 0.15) is 58.8 Å². The minimum absolute atomic E-state index is 0.151. The normalized spacial score (nSPS) is 18.6. The first-order valence-corrected chi connectivity index (χ1v) is 9.46. The molecule has 1 aliphatic rings. The van der Waals surface area contributed by atoms with E-state index in [0.29, 0.717) is 0 Å². The van der Waals surface area contributed by atoms with E-state index < -0.39 is 9.84 Å². The van der Waals surface area contributed by atoms with Gasteiger partial charge in [0.1, 0.15) is 0 Å². The van der Waals surface area contributed by atoms with Gasteiger partial charge in [-0.2, -0.15) is 0 Å². The number of rotatable bonds is 10. The van der Waals surface area contributed by atoms with Crippen molar-refractivity contribution in [2.24, 2.45) is 11.3 Å². The van der Waals surface area contributed by atoms with E-state index in [4.69, 9.17) is 0 Å². The first-order chi connectivity index (χ1) is 9.36. The Hall–Kier alpha value is -0.580. The molecule has 0 heterocycles. The summed E-state index contributed by atoms with van der Waals surface area (Å²) >= 11 is 0. The van der Waals surface area contributed by atoms with Gasteiger partial charge in [-0.15, -0.1) is 0 Å². The Balaban J connectivity index is 2.54. The summed E-state index contributed by atoms with van der Waals surface area (Å²) in [7, 11) is -1.73. The molecule has 0 aromatic rings. The molecule has 1 rings (SSSR count). The van der Waals surface area contributed by atoms with Crippen molar-refractivity contribution in [3.63, 3.8) is 0 Å². The van der Waals surface area contributed by atoms with Crippen LogP contribution in [0.5, 0.6) is 0 Å². The number of ether oxygens (including phenoxy) is 1. The van der Waals surface area contributed by atoms with Gasteiger partial charge in [-0.05, 0) is 30.6 Å². The van der Waals surface area contributed by atoms with E-state index in [1.165, 1.54) is 7.11 Å². The molecule has 4 nitrogen and oxygen atoms in total. The molecule has 0 N–H and O–H groups in total. The molecule has 20 heavy (non-hydrogen) atoms. The third-order valence-electron chi connectivity index (χ3n) is 4.26. The maximum Gasteiger partial charge on any atom is 0.306 e. The summed E-state index contributed by atoms with van der Waals surface area (Å²) < 4.78 is 29.3. The highest BCUT2D eigenvalue weighted by atomic mass is 32.2. The Morgan fingerprint density at radius 3 is 2.40 bits per heavy atom. The molecule has 0 radical (unpaired) electrons. The highest BCUT2D eigenvalue weighted by molar-refractivity contribution is 7.91. The molecule has 5 heteroatoms. The van der Waals surface area contributed by atoms with E-state index in [0.717, 1.165) is 38.5 Å². The van der Waals surface area contributed by atoms with E-state index in [1.54, 1.807) is 0 Å². The second-order valence-electron chi connectivity index (χ2n) is 6.22. The van der Waals surface area contributed by atoms with Gasteiger partial charge in [0.25, 0.3) is 0 Å². The van der Waals surface area contributed by atoms with Crippen LogP contribution in [0.2, 0.25) is 0 Å². The van der Waals surface area contributed by atoms with Crippen molar-refractivity contribution in [2.45, 2.75) is 58.8 Å². The molecule has 1 atom stereocenters. The van der Waals surface area contributed by atoms with Crippen LogP contribution in [0.4, 0.5) is 0 Å². The number of sulfone groups is 1. The van der Waals surface area contributed by atoms with Crippen molar-refractivity contribution < 1.29 is 17.9 Å². The van der Waals surface area contributed by atoms with Gasteiger partial charge in [-0.1, -0.05) is 33.1 Å². The molecule has 0 aromatic heterocycles. The van der Waals surface area contributed by atoms with Gasteiger partial charge in [0.15, 0.2) is 9.84 Å². The van der Waals surface area contributed by atoms with Crippen LogP contribution >= 0.6 is 0 Å². The van der Waals surface area contributed by atoms with E-state index >= 15 is 0 Å². The summed E-state index contributed by atoms with van der Waals surface area (Å²) in [6.07, 6.45) is 5.97. The lowest BCUT2D eigenvalue weighted by molar-refractivity contribution is -0.141. The van der Waals surface area contributed by atoms with Crippen molar-refractivity contribution in [2.75, 3.05) is 18.6 Å². The van der Waals surface area contributed by atoms with Crippen LogP contribution in [-0.2, 0) is 19.4 Å². The summed E-state index contributed by atoms with van der Waals surface area (Å²) in [6.45, 7) is 4.17. The molecular weight excluding hydrogens is 276 g/mol. The van der Waals surface area contributed by atoms with Gasteiger partial charge < -0.3 is 4.74 Å². The average molecular weight is 304 g/mol. The summed E-state index contributed by atoms with van der Waals surface area (Å²) in [6, 6.07) is 0. The highest BCUT2D eigenvalue weighted by Gasteiger charge is 2.48. The van der Waals surface area contributed by atoms with Crippen LogP contribution in [0.3, 0.4) is 0 Å². The maximum absolute atomic E-state index is 12.3. The number of carbonyl (C=O) groups excluding carboxylic acids is 1. The maximum atomic E-state index is 12.3. The van der Waals surface area contributed by atoms with Crippen molar-refractivity contribution in [1.82, 2.24) is 0 Å². The molecular formula is C15H28O4S. The fourth-order valence-electron chi connectivity index (χ4n) is 2.71.